The lowest BCUT2D eigenvalue weighted by Crippen LogP contribution is -2.37. The molecule has 148 valence electrons. The summed E-state index contributed by atoms with van der Waals surface area (Å²) in [7, 11) is 1.47. The van der Waals surface area contributed by atoms with E-state index in [0.717, 1.165) is 23.2 Å². The average molecular weight is 383 g/mol. The van der Waals surface area contributed by atoms with E-state index in [1.807, 2.05) is 31.2 Å². The van der Waals surface area contributed by atoms with Crippen LogP contribution in [0.25, 0.3) is 0 Å². The highest BCUT2D eigenvalue weighted by molar-refractivity contribution is 5.98. The molecule has 7 nitrogen and oxygen atoms in total. The molecular formula is C21H25N3O4. The maximum atomic E-state index is 12.2. The van der Waals surface area contributed by atoms with Crippen LogP contribution in [0.2, 0.25) is 0 Å². The summed E-state index contributed by atoms with van der Waals surface area (Å²) < 4.78 is 5.04. The summed E-state index contributed by atoms with van der Waals surface area (Å²) in [6.45, 7) is 3.15. The standard InChI is InChI=1S/C21H25N3O4/c1-4-15-9-5-6-11-17(15)23-18(25)12-24(3)19(26)13-28-21(27)16-10-7-8-14(2)20(16)22/h5-11H,4,12-13,22H2,1-3H3,(H,23,25). The second-order valence-corrected chi connectivity index (χ2v) is 6.42. The minimum absolute atomic E-state index is 0.152. The Labute approximate surface area is 164 Å². The molecule has 0 bridgehead atoms. The Balaban J connectivity index is 1.87. The normalized spacial score (nSPS) is 10.2. The maximum Gasteiger partial charge on any atom is 0.340 e. The van der Waals surface area contributed by atoms with Gasteiger partial charge in [-0.2, -0.15) is 0 Å². The fourth-order valence-electron chi connectivity index (χ4n) is 2.62. The Morgan fingerprint density at radius 1 is 1.11 bits per heavy atom. The number of carbonyl (C=O) groups is 3. The number of para-hydroxylation sites is 2. The monoisotopic (exact) mass is 383 g/mol. The number of benzene rings is 2. The van der Waals surface area contributed by atoms with Gasteiger partial charge in [-0.15, -0.1) is 0 Å². The van der Waals surface area contributed by atoms with Gasteiger partial charge in [0, 0.05) is 18.4 Å². The molecule has 3 N–H and O–H groups in total. The molecule has 0 saturated carbocycles. The highest BCUT2D eigenvalue weighted by Gasteiger charge is 2.18. The molecule has 2 aromatic carbocycles. The van der Waals surface area contributed by atoms with Crippen molar-refractivity contribution in [1.82, 2.24) is 4.90 Å². The number of esters is 1. The van der Waals surface area contributed by atoms with Crippen LogP contribution in [-0.4, -0.2) is 42.9 Å². The molecule has 0 fully saturated rings. The number of hydrogen-bond acceptors (Lipinski definition) is 5. The van der Waals surface area contributed by atoms with Crippen molar-refractivity contribution in [2.45, 2.75) is 20.3 Å². The van der Waals surface area contributed by atoms with Gasteiger partial charge < -0.3 is 20.7 Å². The highest BCUT2D eigenvalue weighted by atomic mass is 16.5. The Bertz CT molecular complexity index is 880. The summed E-state index contributed by atoms with van der Waals surface area (Å²) in [6, 6.07) is 12.5. The van der Waals surface area contributed by atoms with E-state index in [1.54, 1.807) is 19.1 Å². The number of nitrogens with one attached hydrogen (secondary N) is 1. The number of nitrogens with zero attached hydrogens (tertiary/aromatic N) is 1. The third-order valence-electron chi connectivity index (χ3n) is 4.35. The maximum absolute atomic E-state index is 12.2. The molecule has 0 unspecified atom stereocenters. The lowest BCUT2D eigenvalue weighted by Gasteiger charge is -2.18. The summed E-state index contributed by atoms with van der Waals surface area (Å²) in [5.74, 6) is -1.49. The molecule has 0 aromatic heterocycles. The first-order chi connectivity index (χ1) is 13.3. The Morgan fingerprint density at radius 2 is 1.82 bits per heavy atom. The number of anilines is 2. The molecule has 0 heterocycles. The highest BCUT2D eigenvalue weighted by Crippen LogP contribution is 2.17. The Kier molecular flexibility index (Phi) is 7.14. The third-order valence-corrected chi connectivity index (χ3v) is 4.35. The zero-order chi connectivity index (χ0) is 20.7. The average Bonchev–Trinajstić information content (AvgIpc) is 2.68. The number of likely N-dealkylation sites (N-methyl/N-ethyl adjacent to an activating group) is 1. The van der Waals surface area contributed by atoms with Crippen LogP contribution < -0.4 is 11.1 Å². The molecule has 0 spiro atoms. The molecule has 0 aliphatic carbocycles. The van der Waals surface area contributed by atoms with Crippen molar-refractivity contribution in [1.29, 1.82) is 0 Å². The molecule has 0 aliphatic rings. The fraction of sp³-hybridized carbons (Fsp3) is 0.286. The van der Waals surface area contributed by atoms with Crippen LogP contribution in [0.4, 0.5) is 11.4 Å². The summed E-state index contributed by atoms with van der Waals surface area (Å²) >= 11 is 0. The van der Waals surface area contributed by atoms with Gasteiger partial charge in [0.25, 0.3) is 5.91 Å². The van der Waals surface area contributed by atoms with E-state index in [0.29, 0.717) is 5.69 Å². The second kappa shape index (κ2) is 9.55. The van der Waals surface area contributed by atoms with Crippen LogP contribution in [0.3, 0.4) is 0 Å². The van der Waals surface area contributed by atoms with E-state index >= 15 is 0 Å². The first-order valence-corrected chi connectivity index (χ1v) is 8.97. The number of carbonyl (C=O) groups excluding carboxylic acids is 3. The molecule has 2 amide bonds. The molecule has 7 heteroatoms. The summed E-state index contributed by atoms with van der Waals surface area (Å²) in [6.07, 6.45) is 0.781. The van der Waals surface area contributed by atoms with Gasteiger partial charge in [0.1, 0.15) is 0 Å². The predicted octanol–water partition coefficient (Wildman–Crippen LogP) is 2.39. The first kappa shape index (κ1) is 21.0. The van der Waals surface area contributed by atoms with Gasteiger partial charge in [-0.3, -0.25) is 9.59 Å². The molecule has 2 rings (SSSR count). The largest absolute Gasteiger partial charge is 0.452 e. The quantitative estimate of drug-likeness (QED) is 0.565. The van der Waals surface area contributed by atoms with E-state index in [1.165, 1.54) is 18.0 Å². The second-order valence-electron chi connectivity index (χ2n) is 6.42. The molecule has 0 aliphatic heterocycles. The first-order valence-electron chi connectivity index (χ1n) is 8.97. The van der Waals surface area contributed by atoms with Gasteiger partial charge >= 0.3 is 5.97 Å². The Hall–Kier alpha value is -3.35. The van der Waals surface area contributed by atoms with Gasteiger partial charge in [0.15, 0.2) is 6.61 Å². The number of hydrogen-bond donors (Lipinski definition) is 2. The zero-order valence-corrected chi connectivity index (χ0v) is 16.3. The van der Waals surface area contributed by atoms with Crippen molar-refractivity contribution < 1.29 is 19.1 Å². The van der Waals surface area contributed by atoms with Gasteiger partial charge in [-0.1, -0.05) is 37.3 Å². The molecular weight excluding hydrogens is 358 g/mol. The van der Waals surface area contributed by atoms with Crippen molar-refractivity contribution in [3.63, 3.8) is 0 Å². The SMILES string of the molecule is CCc1ccccc1NC(=O)CN(C)C(=O)COC(=O)c1cccc(C)c1N. The zero-order valence-electron chi connectivity index (χ0n) is 16.3. The third kappa shape index (κ3) is 5.33. The van der Waals surface area contributed by atoms with Crippen molar-refractivity contribution in [2.75, 3.05) is 31.2 Å². The fourth-order valence-corrected chi connectivity index (χ4v) is 2.62. The van der Waals surface area contributed by atoms with Crippen LogP contribution in [0, 0.1) is 6.92 Å². The summed E-state index contributed by atoms with van der Waals surface area (Å²) in [5, 5.41) is 2.79. The molecule has 0 radical (unpaired) electrons. The summed E-state index contributed by atoms with van der Waals surface area (Å²) in [4.78, 5) is 37.7. The van der Waals surface area contributed by atoms with Crippen molar-refractivity contribution in [3.8, 4) is 0 Å². The number of amides is 2. The number of nitrogen functional groups attached to an aromatic ring is 1. The van der Waals surface area contributed by atoms with Crippen LogP contribution in [0.1, 0.15) is 28.4 Å². The molecule has 2 aromatic rings. The van der Waals surface area contributed by atoms with Gasteiger partial charge in [-0.05, 0) is 36.6 Å². The summed E-state index contributed by atoms with van der Waals surface area (Å²) in [5.41, 5.74) is 8.88. The van der Waals surface area contributed by atoms with E-state index in [-0.39, 0.29) is 18.0 Å². The van der Waals surface area contributed by atoms with Gasteiger partial charge in [-0.25, -0.2) is 4.79 Å². The smallest absolute Gasteiger partial charge is 0.340 e. The van der Waals surface area contributed by atoms with Crippen LogP contribution >= 0.6 is 0 Å². The van der Waals surface area contributed by atoms with E-state index in [4.69, 9.17) is 10.5 Å². The number of ether oxygens (including phenoxy) is 1. The van der Waals surface area contributed by atoms with E-state index in [2.05, 4.69) is 5.32 Å². The number of aryl methyl sites for hydroxylation is 2. The van der Waals surface area contributed by atoms with Crippen LogP contribution in [0.5, 0.6) is 0 Å². The van der Waals surface area contributed by atoms with Crippen LogP contribution in [-0.2, 0) is 20.7 Å². The number of nitrogens with two attached hydrogens (primary N) is 1. The van der Waals surface area contributed by atoms with Crippen LogP contribution in [0.15, 0.2) is 42.5 Å². The van der Waals surface area contributed by atoms with E-state index < -0.39 is 18.5 Å². The lowest BCUT2D eigenvalue weighted by molar-refractivity contribution is -0.136. The minimum Gasteiger partial charge on any atom is -0.452 e. The lowest BCUT2D eigenvalue weighted by atomic mass is 10.1. The van der Waals surface area contributed by atoms with Crippen molar-refractivity contribution in [2.24, 2.45) is 0 Å². The van der Waals surface area contributed by atoms with Gasteiger partial charge in [0.05, 0.1) is 12.1 Å². The predicted molar refractivity (Wildman–Crippen MR) is 108 cm³/mol. The molecule has 0 saturated heterocycles. The van der Waals surface area contributed by atoms with Crippen molar-refractivity contribution >= 4 is 29.2 Å². The topological polar surface area (TPSA) is 102 Å². The Morgan fingerprint density at radius 3 is 2.54 bits per heavy atom. The molecule has 28 heavy (non-hydrogen) atoms. The van der Waals surface area contributed by atoms with Crippen molar-refractivity contribution in [3.05, 3.63) is 59.2 Å². The van der Waals surface area contributed by atoms with E-state index in [9.17, 15) is 14.4 Å². The number of rotatable bonds is 7. The minimum atomic E-state index is -0.677. The molecule has 0 atom stereocenters. The van der Waals surface area contributed by atoms with Gasteiger partial charge in [0.2, 0.25) is 5.91 Å².